The Morgan fingerprint density at radius 3 is 1.09 bits per heavy atom. The first kappa shape index (κ1) is 59.5. The van der Waals surface area contributed by atoms with Crippen LogP contribution in [0, 0.1) is 0 Å². The Kier molecular flexibility index (Phi) is 115. The van der Waals surface area contributed by atoms with Crippen molar-refractivity contribution in [2.24, 2.45) is 22.9 Å². The van der Waals surface area contributed by atoms with Gasteiger partial charge in [-0.25, -0.2) is 0 Å². The molecule has 0 atom stereocenters. The van der Waals surface area contributed by atoms with E-state index in [0.717, 1.165) is 0 Å². The summed E-state index contributed by atoms with van der Waals surface area (Å²) in [6.45, 7) is 11.0. The van der Waals surface area contributed by atoms with Crippen molar-refractivity contribution < 1.29 is 0 Å². The zero-order chi connectivity index (χ0) is 12.3. The number of hydrogen-bond acceptors (Lipinski definition) is 7. The fraction of sp³-hybridized carbons (Fsp3) is 0.600. The molecule has 0 aliphatic heterocycles. The molecule has 144 valence electrons. The lowest BCUT2D eigenvalue weighted by molar-refractivity contribution is 0.751. The molecule has 0 aliphatic carbocycles. The quantitative estimate of drug-likeness (QED) is 0.371. The maximum absolute atomic E-state index is 5.18. The van der Waals surface area contributed by atoms with Crippen LogP contribution < -0.4 is 38.9 Å². The maximum Gasteiger partial charge on any atom is 0.0977 e. The summed E-state index contributed by atoms with van der Waals surface area (Å²) >= 11 is 0. The Hall–Kier alpha value is -1.86. The van der Waals surface area contributed by atoms with Crippen LogP contribution in [0.3, 0.4) is 0 Å². The SMILES string of the molecule is C.C.C.C.C.C.C.C=C(N)NC(=C)NCN.C=C(N)NCN. The fourth-order valence-corrected chi connectivity index (χ4v) is 0.492. The molecule has 22 heavy (non-hydrogen) atoms. The number of hydrogen-bond donors (Lipinski definition) is 7. The highest BCUT2D eigenvalue weighted by Crippen LogP contribution is 1.75. The molecule has 0 radical (unpaired) electrons. The number of nitrogens with two attached hydrogens (primary N) is 4. The minimum Gasteiger partial charge on any atom is -0.386 e. The van der Waals surface area contributed by atoms with E-state index in [9.17, 15) is 0 Å². The summed E-state index contributed by atoms with van der Waals surface area (Å²) in [4.78, 5) is 0. The lowest BCUT2D eigenvalue weighted by atomic mass is 10.7. The first-order valence-electron chi connectivity index (χ1n) is 4.16. The van der Waals surface area contributed by atoms with Gasteiger partial charge < -0.3 is 38.9 Å². The fourth-order valence-electron chi connectivity index (χ4n) is 0.492. The predicted octanol–water partition coefficient (Wildman–Crippen LogP) is 2.36. The molecule has 0 amide bonds. The van der Waals surface area contributed by atoms with Crippen LogP contribution in [0.2, 0.25) is 0 Å². The van der Waals surface area contributed by atoms with Crippen molar-refractivity contribution in [2.45, 2.75) is 52.0 Å². The largest absolute Gasteiger partial charge is 0.386 e. The summed E-state index contributed by atoms with van der Waals surface area (Å²) in [7, 11) is 0. The smallest absolute Gasteiger partial charge is 0.0977 e. The van der Waals surface area contributed by atoms with Crippen molar-refractivity contribution in [1.29, 1.82) is 0 Å². The van der Waals surface area contributed by atoms with Crippen LogP contribution >= 0.6 is 0 Å². The highest BCUT2D eigenvalue weighted by molar-refractivity contribution is 4.98. The molecule has 0 fully saturated rings. The molecule has 11 N–H and O–H groups in total. The van der Waals surface area contributed by atoms with Gasteiger partial charge in [0.1, 0.15) is 0 Å². The average molecular weight is 328 g/mol. The van der Waals surface area contributed by atoms with Gasteiger partial charge in [0.25, 0.3) is 0 Å². The molecule has 7 heteroatoms. The van der Waals surface area contributed by atoms with Crippen molar-refractivity contribution in [3.63, 3.8) is 0 Å². The molecule has 0 bridgehead atoms. The maximum atomic E-state index is 5.18. The van der Waals surface area contributed by atoms with Crippen molar-refractivity contribution in [3.05, 3.63) is 37.2 Å². The topological polar surface area (TPSA) is 140 Å². The third kappa shape index (κ3) is 80.4. The van der Waals surface area contributed by atoms with Gasteiger partial charge >= 0.3 is 0 Å². The second-order valence-electron chi connectivity index (χ2n) is 2.42. The van der Waals surface area contributed by atoms with Crippen molar-refractivity contribution in [3.8, 4) is 0 Å². The van der Waals surface area contributed by atoms with E-state index in [-0.39, 0.29) is 52.0 Å². The van der Waals surface area contributed by atoms with Gasteiger partial charge in [-0.15, -0.1) is 0 Å². The zero-order valence-corrected chi connectivity index (χ0v) is 8.84. The second kappa shape index (κ2) is 42.7. The summed E-state index contributed by atoms with van der Waals surface area (Å²) < 4.78 is 0. The van der Waals surface area contributed by atoms with Crippen LogP contribution in [0.15, 0.2) is 37.2 Å². The van der Waals surface area contributed by atoms with E-state index in [0.29, 0.717) is 30.8 Å². The van der Waals surface area contributed by atoms with Gasteiger partial charge in [-0.3, -0.25) is 0 Å². The summed E-state index contributed by atoms with van der Waals surface area (Å²) in [6.07, 6.45) is 0. The van der Waals surface area contributed by atoms with Crippen LogP contribution in [0.25, 0.3) is 0 Å². The Morgan fingerprint density at radius 1 is 0.636 bits per heavy atom. The van der Waals surface area contributed by atoms with Gasteiger partial charge in [0.15, 0.2) is 0 Å². The molecule has 7 nitrogen and oxygen atoms in total. The average Bonchev–Trinajstić information content (AvgIpc) is 2.03. The van der Waals surface area contributed by atoms with E-state index in [1.807, 2.05) is 0 Å². The van der Waals surface area contributed by atoms with Gasteiger partial charge in [-0.2, -0.15) is 0 Å². The van der Waals surface area contributed by atoms with Gasteiger partial charge in [0.2, 0.25) is 0 Å². The molecular weight excluding hydrogens is 278 g/mol. The van der Waals surface area contributed by atoms with E-state index in [2.05, 4.69) is 35.7 Å². The Morgan fingerprint density at radius 2 is 0.955 bits per heavy atom. The van der Waals surface area contributed by atoms with Crippen LogP contribution in [0.5, 0.6) is 0 Å². The highest BCUT2D eigenvalue weighted by atomic mass is 15.1. The van der Waals surface area contributed by atoms with E-state index in [1.54, 1.807) is 0 Å². The standard InChI is InChI=1S/C5H12N4.C3H9N3.7CH4/c1-4(7)9-5(2)8-3-6;1-3(5)6-2-4;;;;;;;/h8-9H,1-3,6-7H2;6H,1-2,4-5H2;7*1H4. The normalized spacial score (nSPS) is 5.36. The van der Waals surface area contributed by atoms with Crippen LogP contribution in [-0.4, -0.2) is 13.3 Å². The van der Waals surface area contributed by atoms with Crippen molar-refractivity contribution in [1.82, 2.24) is 16.0 Å². The lowest BCUT2D eigenvalue weighted by Gasteiger charge is -2.08. The van der Waals surface area contributed by atoms with Crippen LogP contribution in [0.4, 0.5) is 0 Å². The van der Waals surface area contributed by atoms with Gasteiger partial charge in [-0.1, -0.05) is 71.7 Å². The number of rotatable bonds is 6. The molecule has 0 aromatic heterocycles. The number of nitrogens with one attached hydrogen (secondary N) is 3. The Bertz CT molecular complexity index is 216. The highest BCUT2D eigenvalue weighted by Gasteiger charge is 1.86. The molecule has 0 spiro atoms. The predicted molar refractivity (Wildman–Crippen MR) is 110 cm³/mol. The molecule has 0 rings (SSSR count). The van der Waals surface area contributed by atoms with Gasteiger partial charge in [0, 0.05) is 0 Å². The molecule has 0 saturated heterocycles. The summed E-state index contributed by atoms with van der Waals surface area (Å²) in [5, 5.41) is 7.92. The first-order valence-corrected chi connectivity index (χ1v) is 4.16. The lowest BCUT2D eigenvalue weighted by Crippen LogP contribution is -2.31. The molecular formula is C15H49N7. The Balaban J connectivity index is -0.0000000172. The van der Waals surface area contributed by atoms with E-state index in [1.165, 1.54) is 0 Å². The molecule has 0 aromatic rings. The second-order valence-corrected chi connectivity index (χ2v) is 2.42. The Labute approximate surface area is 142 Å². The van der Waals surface area contributed by atoms with Gasteiger partial charge in [0.05, 0.1) is 30.8 Å². The molecule has 0 unspecified atom stereocenters. The van der Waals surface area contributed by atoms with E-state index >= 15 is 0 Å². The van der Waals surface area contributed by atoms with Crippen molar-refractivity contribution in [2.75, 3.05) is 13.3 Å². The molecule has 0 saturated carbocycles. The van der Waals surface area contributed by atoms with Gasteiger partial charge in [-0.05, 0) is 0 Å². The zero-order valence-electron chi connectivity index (χ0n) is 8.84. The first-order chi connectivity index (χ1) is 6.93. The molecule has 0 aliphatic rings. The summed E-state index contributed by atoms with van der Waals surface area (Å²) in [6, 6.07) is 0. The summed E-state index contributed by atoms with van der Waals surface area (Å²) in [5.41, 5.74) is 20.3. The van der Waals surface area contributed by atoms with Crippen molar-refractivity contribution >= 4 is 0 Å². The van der Waals surface area contributed by atoms with Crippen LogP contribution in [-0.2, 0) is 0 Å². The van der Waals surface area contributed by atoms with Crippen LogP contribution in [0.1, 0.15) is 52.0 Å². The monoisotopic (exact) mass is 327 g/mol. The van der Waals surface area contributed by atoms with E-state index < -0.39 is 0 Å². The third-order valence-electron chi connectivity index (χ3n) is 0.956. The molecule has 0 heterocycles. The third-order valence-corrected chi connectivity index (χ3v) is 0.956. The minimum atomic E-state index is 0. The summed E-state index contributed by atoms with van der Waals surface area (Å²) in [5.74, 6) is 1.32. The molecule has 0 aromatic carbocycles. The van der Waals surface area contributed by atoms with E-state index in [4.69, 9.17) is 22.9 Å². The minimum absolute atomic E-state index is 0.